The quantitative estimate of drug-likeness (QED) is 0.444. The molecule has 0 radical (unpaired) electrons. The van der Waals surface area contributed by atoms with E-state index in [1.165, 1.54) is 0 Å². The predicted molar refractivity (Wildman–Crippen MR) is 113 cm³/mol. The Hall–Kier alpha value is -2.98. The van der Waals surface area contributed by atoms with Crippen LogP contribution in [0.15, 0.2) is 23.0 Å². The summed E-state index contributed by atoms with van der Waals surface area (Å²) in [5.41, 5.74) is -5.71. The van der Waals surface area contributed by atoms with E-state index in [1.54, 1.807) is 0 Å². The van der Waals surface area contributed by atoms with Gasteiger partial charge in [0.05, 0.1) is 16.9 Å². The molecule has 194 valence electrons. The van der Waals surface area contributed by atoms with Gasteiger partial charge in [-0.25, -0.2) is 9.29 Å². The van der Waals surface area contributed by atoms with Gasteiger partial charge in [-0.2, -0.15) is 26.3 Å². The molecule has 35 heavy (non-hydrogen) atoms. The van der Waals surface area contributed by atoms with E-state index in [9.17, 15) is 50.1 Å². The topological polar surface area (TPSA) is 128 Å². The number of carbonyl (C=O) groups excluding carboxylic acids is 1. The van der Waals surface area contributed by atoms with Crippen LogP contribution < -0.4 is 15.2 Å². The molecule has 0 unspecified atom stereocenters. The maximum atomic E-state index is 13.0. The molecule has 16 heteroatoms. The molecule has 9 nitrogen and oxygen atoms in total. The average Bonchev–Trinajstić information content (AvgIpc) is 2.75. The van der Waals surface area contributed by atoms with Crippen molar-refractivity contribution in [2.75, 3.05) is 16.6 Å². The van der Waals surface area contributed by atoms with E-state index in [2.05, 4.69) is 4.98 Å². The van der Waals surface area contributed by atoms with Gasteiger partial charge in [0.25, 0.3) is 11.5 Å². The summed E-state index contributed by atoms with van der Waals surface area (Å²) in [6, 6.07) is 0.769. The SMILES string of the molecule is Cn1c(N2CCCCS2(O)O)nc(C(=O)NCc2cc(C(F)(F)F)cc(C(F)(F)F)c2)c(O)c1=O. The van der Waals surface area contributed by atoms with Gasteiger partial charge in [0.15, 0.2) is 5.69 Å². The number of carbonyl (C=O) groups is 1. The van der Waals surface area contributed by atoms with Crippen LogP contribution in [0.4, 0.5) is 32.3 Å². The molecule has 1 aromatic carbocycles. The van der Waals surface area contributed by atoms with Crippen molar-refractivity contribution in [3.63, 3.8) is 0 Å². The lowest BCUT2D eigenvalue weighted by Gasteiger charge is -2.46. The molecule has 3 rings (SSSR count). The Morgan fingerprint density at radius 3 is 2.17 bits per heavy atom. The van der Waals surface area contributed by atoms with E-state index < -0.39 is 69.3 Å². The molecular formula is C19H20F6N4O5S. The maximum absolute atomic E-state index is 13.0. The summed E-state index contributed by atoms with van der Waals surface area (Å²) in [5.74, 6) is -2.79. The molecule has 1 fully saturated rings. The largest absolute Gasteiger partial charge is 0.501 e. The molecule has 2 heterocycles. The van der Waals surface area contributed by atoms with Crippen LogP contribution in [0.5, 0.6) is 5.75 Å². The molecule has 1 aromatic heterocycles. The highest BCUT2D eigenvalue weighted by atomic mass is 32.3. The second-order valence-electron chi connectivity index (χ2n) is 7.72. The molecule has 0 spiro atoms. The zero-order valence-electron chi connectivity index (χ0n) is 17.9. The van der Waals surface area contributed by atoms with E-state index in [4.69, 9.17) is 0 Å². The van der Waals surface area contributed by atoms with Crippen molar-refractivity contribution in [1.82, 2.24) is 14.9 Å². The number of rotatable bonds is 4. The van der Waals surface area contributed by atoms with E-state index in [0.717, 1.165) is 15.9 Å². The summed E-state index contributed by atoms with van der Waals surface area (Å²) in [7, 11) is -2.22. The number of aromatic hydroxyl groups is 1. The van der Waals surface area contributed by atoms with Crippen molar-refractivity contribution < 1.29 is 45.3 Å². The fourth-order valence-corrected chi connectivity index (χ4v) is 5.04. The Morgan fingerprint density at radius 1 is 1.09 bits per heavy atom. The number of aromatic nitrogens is 2. The van der Waals surface area contributed by atoms with Gasteiger partial charge in [0.1, 0.15) is 0 Å². The highest BCUT2D eigenvalue weighted by Crippen LogP contribution is 2.48. The lowest BCUT2D eigenvalue weighted by atomic mass is 10.0. The fourth-order valence-electron chi connectivity index (χ4n) is 3.39. The summed E-state index contributed by atoms with van der Waals surface area (Å²) in [6.45, 7) is -0.755. The minimum atomic E-state index is -5.09. The Morgan fingerprint density at radius 2 is 1.66 bits per heavy atom. The van der Waals surface area contributed by atoms with Crippen LogP contribution in [0.1, 0.15) is 40.0 Å². The third-order valence-corrected chi connectivity index (χ3v) is 7.05. The summed E-state index contributed by atoms with van der Waals surface area (Å²) in [5, 5.41) is 12.1. The molecule has 1 aliphatic rings. The van der Waals surface area contributed by atoms with Crippen molar-refractivity contribution in [1.29, 1.82) is 0 Å². The average molecular weight is 530 g/mol. The van der Waals surface area contributed by atoms with Crippen molar-refractivity contribution in [2.24, 2.45) is 7.05 Å². The van der Waals surface area contributed by atoms with E-state index in [-0.39, 0.29) is 24.3 Å². The van der Waals surface area contributed by atoms with Gasteiger partial charge >= 0.3 is 12.4 Å². The van der Waals surface area contributed by atoms with Crippen LogP contribution in [0.3, 0.4) is 0 Å². The summed E-state index contributed by atoms with van der Waals surface area (Å²) < 4.78 is 101. The lowest BCUT2D eigenvalue weighted by molar-refractivity contribution is -0.143. The van der Waals surface area contributed by atoms with E-state index in [1.807, 2.05) is 5.32 Å². The lowest BCUT2D eigenvalue weighted by Crippen LogP contribution is -2.39. The third kappa shape index (κ3) is 5.65. The molecular weight excluding hydrogens is 510 g/mol. The number of hydrogen-bond donors (Lipinski definition) is 4. The molecule has 1 amide bonds. The Kier molecular flexibility index (Phi) is 7.02. The Labute approximate surface area is 195 Å². The molecule has 0 saturated carbocycles. The van der Waals surface area contributed by atoms with Crippen LogP contribution in [0, 0.1) is 0 Å². The number of nitrogens with one attached hydrogen (secondary N) is 1. The van der Waals surface area contributed by atoms with Crippen LogP contribution >= 0.6 is 10.8 Å². The van der Waals surface area contributed by atoms with E-state index in [0.29, 0.717) is 25.0 Å². The summed E-state index contributed by atoms with van der Waals surface area (Å²) in [4.78, 5) is 28.9. The first-order chi connectivity index (χ1) is 16.0. The second-order valence-corrected chi connectivity index (χ2v) is 9.83. The van der Waals surface area contributed by atoms with Crippen LogP contribution in [0.25, 0.3) is 0 Å². The van der Waals surface area contributed by atoms with Gasteiger partial charge in [-0.1, -0.05) is 0 Å². The van der Waals surface area contributed by atoms with Crippen molar-refractivity contribution in [3.05, 3.63) is 50.9 Å². The van der Waals surface area contributed by atoms with E-state index >= 15 is 0 Å². The van der Waals surface area contributed by atoms with Crippen LogP contribution in [-0.4, -0.2) is 42.0 Å². The van der Waals surface area contributed by atoms with Crippen molar-refractivity contribution in [2.45, 2.75) is 31.7 Å². The van der Waals surface area contributed by atoms with Crippen molar-refractivity contribution in [3.8, 4) is 5.75 Å². The number of amides is 1. The maximum Gasteiger partial charge on any atom is 0.416 e. The first kappa shape index (κ1) is 26.6. The van der Waals surface area contributed by atoms with Crippen molar-refractivity contribution >= 4 is 22.6 Å². The number of anilines is 1. The highest BCUT2D eigenvalue weighted by Gasteiger charge is 2.37. The summed E-state index contributed by atoms with van der Waals surface area (Å²) in [6.07, 6.45) is -9.18. The summed E-state index contributed by atoms with van der Waals surface area (Å²) >= 11 is 0. The predicted octanol–water partition coefficient (Wildman–Crippen LogP) is 3.72. The minimum Gasteiger partial charge on any atom is -0.501 e. The molecule has 2 aromatic rings. The fraction of sp³-hybridized carbons (Fsp3) is 0.421. The number of benzene rings is 1. The standard InChI is InChI=1S/C19H20F6N4O5S/c1-28-16(32)14(30)13(27-17(28)29-4-2-3-5-35(29,33)34)15(31)26-9-10-6-11(18(20,21)22)8-12(7-10)19(23,24)25/h6-8,30,33-34H,2-5,9H2,1H3,(H,26,31). The Bertz CT molecular complexity index is 1170. The van der Waals surface area contributed by atoms with Gasteiger partial charge in [0.2, 0.25) is 11.7 Å². The van der Waals surface area contributed by atoms with Gasteiger partial charge in [-0.05, 0) is 36.6 Å². The third-order valence-electron chi connectivity index (χ3n) is 5.16. The zero-order valence-corrected chi connectivity index (χ0v) is 18.8. The number of nitrogens with zero attached hydrogens (tertiary/aromatic N) is 3. The highest BCUT2D eigenvalue weighted by molar-refractivity contribution is 8.25. The monoisotopic (exact) mass is 530 g/mol. The van der Waals surface area contributed by atoms with Gasteiger partial charge in [0, 0.05) is 20.1 Å². The number of halogens is 6. The number of hydrogen-bond acceptors (Lipinski definition) is 7. The van der Waals surface area contributed by atoms with Gasteiger partial charge in [-0.15, -0.1) is 10.8 Å². The van der Waals surface area contributed by atoms with Crippen LogP contribution in [0.2, 0.25) is 0 Å². The molecule has 0 aliphatic carbocycles. The smallest absolute Gasteiger partial charge is 0.416 e. The molecule has 4 N–H and O–H groups in total. The van der Waals surface area contributed by atoms with Gasteiger partial charge in [-0.3, -0.25) is 23.3 Å². The van der Waals surface area contributed by atoms with Gasteiger partial charge < -0.3 is 10.4 Å². The molecule has 1 aliphatic heterocycles. The first-order valence-electron chi connectivity index (χ1n) is 9.92. The number of alkyl halides is 6. The minimum absolute atomic E-state index is 0.0254. The molecule has 1 saturated heterocycles. The second kappa shape index (κ2) is 9.23. The zero-order chi connectivity index (χ0) is 26.3. The normalized spacial score (nSPS) is 17.2. The van der Waals surface area contributed by atoms with Crippen LogP contribution in [-0.2, 0) is 25.9 Å². The Balaban J connectivity index is 1.94. The molecule has 0 atom stereocenters. The molecule has 0 bridgehead atoms. The first-order valence-corrected chi connectivity index (χ1v) is 11.6.